The second kappa shape index (κ2) is 5.17. The van der Waals surface area contributed by atoms with Crippen LogP contribution in [0.3, 0.4) is 0 Å². The number of carbonyl (C=O) groups excluding carboxylic acids is 1. The first-order chi connectivity index (χ1) is 11.1. The third-order valence-electron chi connectivity index (χ3n) is 3.77. The number of rotatable bonds is 2. The Kier molecular flexibility index (Phi) is 3.12. The van der Waals surface area contributed by atoms with Crippen molar-refractivity contribution in [3.63, 3.8) is 0 Å². The van der Waals surface area contributed by atoms with Gasteiger partial charge in [0.15, 0.2) is 6.10 Å². The Labute approximate surface area is 135 Å². The topological polar surface area (TPSA) is 87.0 Å². The van der Waals surface area contributed by atoms with E-state index in [0.29, 0.717) is 33.9 Å². The molecule has 2 aromatic carbocycles. The summed E-state index contributed by atoms with van der Waals surface area (Å²) in [4.78, 5) is 28.9. The second-order valence-corrected chi connectivity index (χ2v) is 5.83. The Bertz CT molecular complexity index is 976. The standard InChI is InChI=1S/C16H12ClN3O3/c17-9-1-4-13-8(5-9)6-14(23-13)15(21)18-10-2-3-11-12(7-10)20-16(22)19-11/h1-5,7,14H,6H2,(H,18,21)(H2,19,20,22)/t14-/m0/s1. The molecule has 0 saturated heterocycles. The predicted molar refractivity (Wildman–Crippen MR) is 87.1 cm³/mol. The number of H-pyrrole nitrogens is 2. The summed E-state index contributed by atoms with van der Waals surface area (Å²) < 4.78 is 5.65. The molecule has 1 aliphatic heterocycles. The van der Waals surface area contributed by atoms with Gasteiger partial charge >= 0.3 is 5.69 Å². The van der Waals surface area contributed by atoms with E-state index in [1.54, 1.807) is 36.4 Å². The molecule has 23 heavy (non-hydrogen) atoms. The van der Waals surface area contributed by atoms with Crippen LogP contribution in [0, 0.1) is 0 Å². The fourth-order valence-corrected chi connectivity index (χ4v) is 2.89. The molecule has 1 aromatic heterocycles. The van der Waals surface area contributed by atoms with E-state index < -0.39 is 6.10 Å². The van der Waals surface area contributed by atoms with Crippen LogP contribution in [0.15, 0.2) is 41.2 Å². The average Bonchev–Trinajstić information content (AvgIpc) is 3.08. The van der Waals surface area contributed by atoms with Gasteiger partial charge in [0.2, 0.25) is 0 Å². The molecule has 116 valence electrons. The number of benzene rings is 2. The van der Waals surface area contributed by atoms with Crippen molar-refractivity contribution in [1.82, 2.24) is 9.97 Å². The van der Waals surface area contributed by atoms with E-state index in [-0.39, 0.29) is 11.6 Å². The minimum atomic E-state index is -0.593. The van der Waals surface area contributed by atoms with Crippen molar-refractivity contribution in [2.45, 2.75) is 12.5 Å². The Morgan fingerprint density at radius 2 is 2.00 bits per heavy atom. The summed E-state index contributed by atoms with van der Waals surface area (Å²) in [5.74, 6) is 0.439. The minimum absolute atomic E-state index is 0.241. The van der Waals surface area contributed by atoms with Crippen molar-refractivity contribution >= 4 is 34.2 Å². The smallest absolute Gasteiger partial charge is 0.323 e. The summed E-state index contributed by atoms with van der Waals surface area (Å²) in [5.41, 5.74) is 2.55. The van der Waals surface area contributed by atoms with E-state index in [4.69, 9.17) is 16.3 Å². The van der Waals surface area contributed by atoms with Crippen LogP contribution < -0.4 is 15.7 Å². The molecule has 4 rings (SSSR count). The number of hydrogen-bond donors (Lipinski definition) is 3. The number of amides is 1. The fourth-order valence-electron chi connectivity index (χ4n) is 2.70. The van der Waals surface area contributed by atoms with Gasteiger partial charge in [-0.25, -0.2) is 4.79 Å². The summed E-state index contributed by atoms with van der Waals surface area (Å²) in [6.07, 6.45) is -0.116. The van der Waals surface area contributed by atoms with Crippen molar-refractivity contribution in [2.24, 2.45) is 0 Å². The van der Waals surface area contributed by atoms with Gasteiger partial charge in [-0.15, -0.1) is 0 Å². The number of hydrogen-bond acceptors (Lipinski definition) is 3. The molecule has 0 unspecified atom stereocenters. The number of halogens is 1. The third-order valence-corrected chi connectivity index (χ3v) is 4.01. The summed E-state index contributed by atoms with van der Waals surface area (Å²) >= 11 is 5.95. The van der Waals surface area contributed by atoms with Gasteiger partial charge in [0, 0.05) is 17.1 Å². The summed E-state index contributed by atoms with van der Waals surface area (Å²) in [6.45, 7) is 0. The molecule has 6 nitrogen and oxygen atoms in total. The number of fused-ring (bicyclic) bond motifs is 2. The first-order valence-electron chi connectivity index (χ1n) is 7.06. The lowest BCUT2D eigenvalue weighted by atomic mass is 10.1. The van der Waals surface area contributed by atoms with E-state index in [9.17, 15) is 9.59 Å². The van der Waals surface area contributed by atoms with Crippen LogP contribution in [0.4, 0.5) is 5.69 Å². The molecule has 1 aliphatic rings. The fraction of sp³-hybridized carbons (Fsp3) is 0.125. The van der Waals surface area contributed by atoms with Gasteiger partial charge in [0.1, 0.15) is 5.75 Å². The first-order valence-corrected chi connectivity index (χ1v) is 7.44. The van der Waals surface area contributed by atoms with Crippen molar-refractivity contribution in [3.8, 4) is 5.75 Å². The van der Waals surface area contributed by atoms with Gasteiger partial charge in [-0.05, 0) is 42.0 Å². The molecule has 3 N–H and O–H groups in total. The van der Waals surface area contributed by atoms with E-state index in [2.05, 4.69) is 15.3 Å². The molecule has 1 amide bonds. The number of anilines is 1. The molecule has 0 spiro atoms. The number of aromatic amines is 2. The van der Waals surface area contributed by atoms with Gasteiger partial charge in [-0.2, -0.15) is 0 Å². The van der Waals surface area contributed by atoms with Crippen molar-refractivity contribution in [3.05, 3.63) is 57.5 Å². The molecular weight excluding hydrogens is 318 g/mol. The number of aromatic nitrogens is 2. The zero-order valence-electron chi connectivity index (χ0n) is 11.9. The van der Waals surface area contributed by atoms with E-state index in [0.717, 1.165) is 5.56 Å². The van der Waals surface area contributed by atoms with Gasteiger partial charge < -0.3 is 20.0 Å². The van der Waals surface area contributed by atoms with E-state index in [1.165, 1.54) is 0 Å². The van der Waals surface area contributed by atoms with Crippen molar-refractivity contribution in [2.75, 3.05) is 5.32 Å². The summed E-state index contributed by atoms with van der Waals surface area (Å²) in [6, 6.07) is 10.5. The normalized spacial score (nSPS) is 16.1. The first kappa shape index (κ1) is 13.9. The van der Waals surface area contributed by atoms with Crippen molar-refractivity contribution in [1.29, 1.82) is 0 Å². The van der Waals surface area contributed by atoms with Gasteiger partial charge in [-0.1, -0.05) is 11.6 Å². The summed E-state index contributed by atoms with van der Waals surface area (Å²) in [7, 11) is 0. The zero-order valence-corrected chi connectivity index (χ0v) is 12.6. The maximum absolute atomic E-state index is 12.4. The SMILES string of the molecule is O=C(Nc1ccc2[nH]c(=O)[nH]c2c1)[C@@H]1Cc2cc(Cl)ccc2O1. The highest BCUT2D eigenvalue weighted by atomic mass is 35.5. The quantitative estimate of drug-likeness (QED) is 0.675. The number of ether oxygens (including phenoxy) is 1. The Balaban J connectivity index is 1.52. The summed E-state index contributed by atoms with van der Waals surface area (Å²) in [5, 5.41) is 3.42. The molecule has 2 heterocycles. The molecule has 0 radical (unpaired) electrons. The van der Waals surface area contributed by atoms with Crippen LogP contribution in [-0.2, 0) is 11.2 Å². The molecule has 7 heteroatoms. The molecule has 0 saturated carbocycles. The highest BCUT2D eigenvalue weighted by Gasteiger charge is 2.29. The molecule has 1 atom stereocenters. The van der Waals surface area contributed by atoms with E-state index in [1.807, 2.05) is 0 Å². The lowest BCUT2D eigenvalue weighted by molar-refractivity contribution is -0.122. The van der Waals surface area contributed by atoms with Gasteiger partial charge in [0.25, 0.3) is 5.91 Å². The number of carbonyl (C=O) groups is 1. The van der Waals surface area contributed by atoms with Gasteiger partial charge in [-0.3, -0.25) is 4.79 Å². The number of nitrogens with one attached hydrogen (secondary N) is 3. The largest absolute Gasteiger partial charge is 0.480 e. The molecule has 0 aliphatic carbocycles. The zero-order chi connectivity index (χ0) is 16.0. The average molecular weight is 330 g/mol. The minimum Gasteiger partial charge on any atom is -0.480 e. The highest BCUT2D eigenvalue weighted by molar-refractivity contribution is 6.30. The maximum Gasteiger partial charge on any atom is 0.323 e. The van der Waals surface area contributed by atoms with Crippen LogP contribution in [0.1, 0.15) is 5.56 Å². The van der Waals surface area contributed by atoms with Crippen LogP contribution in [-0.4, -0.2) is 22.0 Å². The molecule has 3 aromatic rings. The molecular formula is C16H12ClN3O3. The lowest BCUT2D eigenvalue weighted by Crippen LogP contribution is -2.31. The Morgan fingerprint density at radius 3 is 2.87 bits per heavy atom. The van der Waals surface area contributed by atoms with Crippen LogP contribution in [0.2, 0.25) is 5.02 Å². The van der Waals surface area contributed by atoms with E-state index >= 15 is 0 Å². The second-order valence-electron chi connectivity index (χ2n) is 5.39. The van der Waals surface area contributed by atoms with Crippen molar-refractivity contribution < 1.29 is 9.53 Å². The monoisotopic (exact) mass is 329 g/mol. The Hall–Kier alpha value is -2.73. The predicted octanol–water partition coefficient (Wildman–Crippen LogP) is 2.45. The van der Waals surface area contributed by atoms with Crippen LogP contribution in [0.5, 0.6) is 5.75 Å². The Morgan fingerprint density at radius 1 is 1.17 bits per heavy atom. The lowest BCUT2D eigenvalue weighted by Gasteiger charge is -2.11. The molecule has 0 bridgehead atoms. The van der Waals surface area contributed by atoms with Gasteiger partial charge in [0.05, 0.1) is 11.0 Å². The maximum atomic E-state index is 12.4. The molecule has 0 fully saturated rings. The number of imidazole rings is 1. The third kappa shape index (κ3) is 2.57. The highest BCUT2D eigenvalue weighted by Crippen LogP contribution is 2.31. The van der Waals surface area contributed by atoms with Crippen LogP contribution >= 0.6 is 11.6 Å². The van der Waals surface area contributed by atoms with Crippen LogP contribution in [0.25, 0.3) is 11.0 Å².